The Morgan fingerprint density at radius 3 is 2.00 bits per heavy atom. The lowest BCUT2D eigenvalue weighted by atomic mass is 10.5. The third-order valence-corrected chi connectivity index (χ3v) is 6.12. The Labute approximate surface area is 103 Å². The van der Waals surface area contributed by atoms with Gasteiger partial charge >= 0.3 is 0 Å². The second-order valence-electron chi connectivity index (χ2n) is 5.64. The highest BCUT2D eigenvalue weighted by atomic mass is 28.4. The monoisotopic (exact) mass is 264 g/mol. The molecule has 0 aliphatic heterocycles. The highest BCUT2D eigenvalue weighted by Gasteiger charge is 2.19. The molecule has 0 aromatic carbocycles. The van der Waals surface area contributed by atoms with Gasteiger partial charge in [-0.05, 0) is 45.2 Å². The molecule has 0 aliphatic rings. The highest BCUT2D eigenvalue weighted by Crippen LogP contribution is 2.12. The summed E-state index contributed by atoms with van der Waals surface area (Å²) < 4.78 is 16.7. The van der Waals surface area contributed by atoms with E-state index < -0.39 is 16.6 Å². The Morgan fingerprint density at radius 2 is 1.50 bits per heavy atom. The van der Waals surface area contributed by atoms with E-state index in [9.17, 15) is 0 Å². The summed E-state index contributed by atoms with van der Waals surface area (Å²) in [5.41, 5.74) is 0. The van der Waals surface area contributed by atoms with Crippen LogP contribution in [0.4, 0.5) is 0 Å². The molecule has 0 saturated carbocycles. The molecule has 0 radical (unpaired) electrons. The predicted molar refractivity (Wildman–Crippen MR) is 74.0 cm³/mol. The van der Waals surface area contributed by atoms with E-state index in [2.05, 4.69) is 32.7 Å². The zero-order valence-corrected chi connectivity index (χ0v) is 13.8. The normalized spacial score (nSPS) is 13.1. The van der Waals surface area contributed by atoms with Crippen molar-refractivity contribution in [3.05, 3.63) is 0 Å². The van der Waals surface area contributed by atoms with Gasteiger partial charge in [0, 0.05) is 13.7 Å². The van der Waals surface area contributed by atoms with E-state index in [0.717, 1.165) is 26.2 Å². The first-order valence-electron chi connectivity index (χ1n) is 6.04. The van der Waals surface area contributed by atoms with Crippen molar-refractivity contribution < 1.29 is 13.6 Å². The average molecular weight is 265 g/mol. The number of ether oxygens (including phenoxy) is 1. The molecule has 0 amide bonds. The van der Waals surface area contributed by atoms with Crippen molar-refractivity contribution in [1.82, 2.24) is 0 Å². The van der Waals surface area contributed by atoms with E-state index in [1.165, 1.54) is 6.04 Å². The Balaban J connectivity index is 3.29. The van der Waals surface area contributed by atoms with Gasteiger partial charge in [-0.2, -0.15) is 0 Å². The molecule has 5 heteroatoms. The minimum atomic E-state index is -1.38. The molecular formula is C11H28O3Si2. The zero-order valence-electron chi connectivity index (χ0n) is 11.8. The number of rotatable bonds is 9. The summed E-state index contributed by atoms with van der Waals surface area (Å²) >= 11 is 0. The maximum atomic E-state index is 5.70. The molecule has 98 valence electrons. The molecule has 0 aromatic rings. The number of hydrogen-bond acceptors (Lipinski definition) is 3. The number of hydrogen-bond donors (Lipinski definition) is 0. The van der Waals surface area contributed by atoms with E-state index in [1.807, 2.05) is 7.11 Å². The molecule has 0 rings (SSSR count). The van der Waals surface area contributed by atoms with Crippen molar-refractivity contribution in [3.8, 4) is 0 Å². The smallest absolute Gasteiger partial charge is 0.186 e. The average Bonchev–Trinajstić information content (AvgIpc) is 2.14. The third-order valence-electron chi connectivity index (χ3n) is 2.38. The van der Waals surface area contributed by atoms with Crippen molar-refractivity contribution in [1.29, 1.82) is 0 Å². The second-order valence-corrected chi connectivity index (χ2v) is 14.6. The minimum Gasteiger partial charge on any atom is -0.420 e. The van der Waals surface area contributed by atoms with Gasteiger partial charge in [0.05, 0.1) is 13.2 Å². The van der Waals surface area contributed by atoms with Crippen LogP contribution in [0.5, 0.6) is 0 Å². The van der Waals surface area contributed by atoms with Crippen LogP contribution in [0.3, 0.4) is 0 Å². The molecule has 0 saturated heterocycles. The van der Waals surface area contributed by atoms with Crippen LogP contribution in [0, 0.1) is 0 Å². The van der Waals surface area contributed by atoms with Gasteiger partial charge in [0.1, 0.15) is 0 Å². The minimum absolute atomic E-state index is 0.721. The topological polar surface area (TPSA) is 27.7 Å². The molecule has 0 fully saturated rings. The Bertz CT molecular complexity index is 179. The first-order valence-corrected chi connectivity index (χ1v) is 12.6. The van der Waals surface area contributed by atoms with E-state index in [0.29, 0.717) is 0 Å². The van der Waals surface area contributed by atoms with Gasteiger partial charge in [-0.3, -0.25) is 0 Å². The lowest BCUT2D eigenvalue weighted by molar-refractivity contribution is 0.0978. The molecule has 0 atom stereocenters. The van der Waals surface area contributed by atoms with Gasteiger partial charge in [-0.25, -0.2) is 0 Å². The fourth-order valence-electron chi connectivity index (χ4n) is 1.21. The van der Waals surface area contributed by atoms with Crippen LogP contribution in [0.2, 0.25) is 38.8 Å². The Morgan fingerprint density at radius 1 is 0.875 bits per heavy atom. The lowest BCUT2D eigenvalue weighted by Crippen LogP contribution is -2.29. The summed E-state index contributed by atoms with van der Waals surface area (Å²) in [5, 5.41) is 0. The van der Waals surface area contributed by atoms with Crippen LogP contribution in [-0.4, -0.2) is 43.6 Å². The largest absolute Gasteiger partial charge is 0.420 e. The summed E-state index contributed by atoms with van der Waals surface area (Å²) in [5.74, 6) is 0. The summed E-state index contributed by atoms with van der Waals surface area (Å²) in [6.07, 6.45) is 1.10. The van der Waals surface area contributed by atoms with Crippen molar-refractivity contribution >= 4 is 16.6 Å². The Kier molecular flexibility index (Phi) is 7.75. The molecule has 0 heterocycles. The maximum Gasteiger partial charge on any atom is 0.186 e. The van der Waals surface area contributed by atoms with Gasteiger partial charge in [0.25, 0.3) is 0 Å². The molecule has 16 heavy (non-hydrogen) atoms. The van der Waals surface area contributed by atoms with Crippen LogP contribution in [0.1, 0.15) is 6.42 Å². The molecule has 0 unspecified atom stereocenters. The van der Waals surface area contributed by atoms with Gasteiger partial charge < -0.3 is 13.6 Å². The van der Waals surface area contributed by atoms with Gasteiger partial charge in [-0.1, -0.05) is 0 Å². The fraction of sp³-hybridized carbons (Fsp3) is 1.00. The van der Waals surface area contributed by atoms with Crippen LogP contribution in [-0.2, 0) is 13.6 Å². The molecule has 0 bridgehead atoms. The van der Waals surface area contributed by atoms with Crippen LogP contribution < -0.4 is 0 Å². The standard InChI is InChI=1S/C11H28O3Si2/c1-12-16(5,6)11-7-8-13-9-10-14-15(2,3)4/h7-11H2,1-6H3. The van der Waals surface area contributed by atoms with Crippen molar-refractivity contribution in [2.75, 3.05) is 26.9 Å². The Hall–Kier alpha value is 0.314. The molecule has 3 nitrogen and oxygen atoms in total. The van der Waals surface area contributed by atoms with Crippen molar-refractivity contribution in [2.45, 2.75) is 45.2 Å². The summed E-state index contributed by atoms with van der Waals surface area (Å²) in [6.45, 7) is 13.3. The van der Waals surface area contributed by atoms with Crippen LogP contribution in [0.25, 0.3) is 0 Å². The maximum absolute atomic E-state index is 5.70. The second kappa shape index (κ2) is 7.60. The molecule has 0 aromatic heterocycles. The fourth-order valence-corrected chi connectivity index (χ4v) is 3.11. The van der Waals surface area contributed by atoms with E-state index in [4.69, 9.17) is 13.6 Å². The SMILES string of the molecule is CO[Si](C)(C)CCCOCCO[Si](C)(C)C. The van der Waals surface area contributed by atoms with Gasteiger partial charge in [0.2, 0.25) is 0 Å². The molecular weight excluding hydrogens is 236 g/mol. The molecule has 0 N–H and O–H groups in total. The predicted octanol–water partition coefficient (Wildman–Crippen LogP) is 3.10. The molecule has 0 spiro atoms. The van der Waals surface area contributed by atoms with E-state index in [1.54, 1.807) is 0 Å². The van der Waals surface area contributed by atoms with Gasteiger partial charge in [-0.15, -0.1) is 0 Å². The summed E-state index contributed by atoms with van der Waals surface area (Å²) in [6, 6.07) is 1.17. The first kappa shape index (κ1) is 16.3. The van der Waals surface area contributed by atoms with E-state index >= 15 is 0 Å². The third kappa shape index (κ3) is 10.8. The summed E-state index contributed by atoms with van der Waals surface area (Å²) in [4.78, 5) is 0. The van der Waals surface area contributed by atoms with Crippen molar-refractivity contribution in [3.63, 3.8) is 0 Å². The zero-order chi connectivity index (χ0) is 12.7. The quantitative estimate of drug-likeness (QED) is 0.473. The van der Waals surface area contributed by atoms with Crippen molar-refractivity contribution in [2.24, 2.45) is 0 Å². The summed E-state index contributed by atoms with van der Waals surface area (Å²) in [7, 11) is -0.920. The van der Waals surface area contributed by atoms with Crippen LogP contribution >= 0.6 is 0 Å². The molecule has 0 aliphatic carbocycles. The van der Waals surface area contributed by atoms with Gasteiger partial charge in [0.15, 0.2) is 16.6 Å². The first-order chi connectivity index (χ1) is 7.27. The van der Waals surface area contributed by atoms with E-state index in [-0.39, 0.29) is 0 Å². The highest BCUT2D eigenvalue weighted by molar-refractivity contribution is 6.71. The lowest BCUT2D eigenvalue weighted by Gasteiger charge is -2.20. The van der Waals surface area contributed by atoms with Crippen LogP contribution in [0.15, 0.2) is 0 Å².